The zero-order chi connectivity index (χ0) is 14.8. The number of fused-ring (bicyclic) bond motifs is 1. The number of nitrogens with one attached hydrogen (secondary N) is 1. The van der Waals surface area contributed by atoms with Crippen LogP contribution in [0.4, 0.5) is 0 Å². The Morgan fingerprint density at radius 3 is 3.00 bits per heavy atom. The second-order valence-electron chi connectivity index (χ2n) is 5.67. The van der Waals surface area contributed by atoms with Crippen molar-refractivity contribution in [1.29, 1.82) is 0 Å². The fraction of sp³-hybridized carbons (Fsp3) is 0.353. The Balaban J connectivity index is 2.04. The standard InChI is InChI=1S/C17H20ClN3/c1-11-5-2-8-13(15(11)18)17(21-19)14-9-3-6-12-7-4-10-20-16(12)14/h2,4-5,7-8,10,14,17,21H,3,6,9,19H2,1H3. The van der Waals surface area contributed by atoms with Crippen molar-refractivity contribution in [2.45, 2.75) is 38.1 Å². The third-order valence-corrected chi connectivity index (χ3v) is 4.89. The number of rotatable bonds is 3. The van der Waals surface area contributed by atoms with Crippen LogP contribution in [0.15, 0.2) is 36.5 Å². The summed E-state index contributed by atoms with van der Waals surface area (Å²) < 4.78 is 0. The Bertz CT molecular complexity index is 642. The van der Waals surface area contributed by atoms with Crippen molar-refractivity contribution in [3.05, 3.63) is 63.9 Å². The lowest BCUT2D eigenvalue weighted by Gasteiger charge is -2.32. The molecule has 0 saturated heterocycles. The van der Waals surface area contributed by atoms with Gasteiger partial charge in [0, 0.05) is 22.8 Å². The second kappa shape index (κ2) is 6.14. The largest absolute Gasteiger partial charge is 0.271 e. The van der Waals surface area contributed by atoms with Gasteiger partial charge in [-0.1, -0.05) is 35.9 Å². The van der Waals surface area contributed by atoms with Gasteiger partial charge in [-0.2, -0.15) is 0 Å². The highest BCUT2D eigenvalue weighted by Crippen LogP contribution is 2.41. The minimum Gasteiger partial charge on any atom is -0.271 e. The lowest BCUT2D eigenvalue weighted by Crippen LogP contribution is -2.34. The van der Waals surface area contributed by atoms with Crippen LogP contribution in [0.3, 0.4) is 0 Å². The Morgan fingerprint density at radius 2 is 2.19 bits per heavy atom. The Labute approximate surface area is 130 Å². The zero-order valence-corrected chi connectivity index (χ0v) is 12.9. The molecule has 1 heterocycles. The van der Waals surface area contributed by atoms with E-state index in [0.717, 1.165) is 41.1 Å². The maximum absolute atomic E-state index is 6.50. The highest BCUT2D eigenvalue weighted by Gasteiger charge is 2.30. The molecular weight excluding hydrogens is 282 g/mol. The van der Waals surface area contributed by atoms with Crippen LogP contribution in [0.1, 0.15) is 47.2 Å². The van der Waals surface area contributed by atoms with E-state index in [0.29, 0.717) is 0 Å². The molecule has 2 unspecified atom stereocenters. The Hall–Kier alpha value is -1.42. The summed E-state index contributed by atoms with van der Waals surface area (Å²) in [6.07, 6.45) is 5.19. The summed E-state index contributed by atoms with van der Waals surface area (Å²) >= 11 is 6.50. The van der Waals surface area contributed by atoms with Gasteiger partial charge in [-0.15, -0.1) is 0 Å². The molecule has 0 saturated carbocycles. The number of nitrogens with two attached hydrogens (primary N) is 1. The number of hydrogen-bond donors (Lipinski definition) is 2. The molecule has 2 atom stereocenters. The number of nitrogens with zero attached hydrogens (tertiary/aromatic N) is 1. The van der Waals surface area contributed by atoms with Crippen LogP contribution in [-0.4, -0.2) is 4.98 Å². The van der Waals surface area contributed by atoms with Crippen LogP contribution in [0.5, 0.6) is 0 Å². The Morgan fingerprint density at radius 1 is 1.33 bits per heavy atom. The molecule has 110 valence electrons. The molecule has 0 amide bonds. The van der Waals surface area contributed by atoms with Gasteiger partial charge in [0.1, 0.15) is 0 Å². The van der Waals surface area contributed by atoms with Crippen molar-refractivity contribution in [1.82, 2.24) is 10.4 Å². The van der Waals surface area contributed by atoms with Gasteiger partial charge in [0.05, 0.1) is 6.04 Å². The zero-order valence-electron chi connectivity index (χ0n) is 12.1. The third kappa shape index (κ3) is 2.69. The van der Waals surface area contributed by atoms with Crippen LogP contribution >= 0.6 is 11.6 Å². The lowest BCUT2D eigenvalue weighted by molar-refractivity contribution is 0.400. The van der Waals surface area contributed by atoms with E-state index >= 15 is 0 Å². The van der Waals surface area contributed by atoms with Crippen LogP contribution in [-0.2, 0) is 6.42 Å². The molecule has 21 heavy (non-hydrogen) atoms. The van der Waals surface area contributed by atoms with Crippen molar-refractivity contribution >= 4 is 11.6 Å². The minimum atomic E-state index is -0.00801. The van der Waals surface area contributed by atoms with E-state index in [4.69, 9.17) is 17.4 Å². The molecule has 1 aromatic heterocycles. The van der Waals surface area contributed by atoms with E-state index in [1.54, 1.807) is 0 Å². The molecule has 3 rings (SSSR count). The molecule has 2 aromatic rings. The fourth-order valence-electron chi connectivity index (χ4n) is 3.30. The van der Waals surface area contributed by atoms with Crippen molar-refractivity contribution in [3.63, 3.8) is 0 Å². The van der Waals surface area contributed by atoms with E-state index in [9.17, 15) is 0 Å². The highest BCUT2D eigenvalue weighted by atomic mass is 35.5. The lowest BCUT2D eigenvalue weighted by atomic mass is 9.79. The first-order valence-electron chi connectivity index (χ1n) is 7.37. The number of hydrazine groups is 1. The number of halogens is 1. The SMILES string of the molecule is Cc1cccc(C(NN)C2CCCc3cccnc32)c1Cl. The van der Waals surface area contributed by atoms with Crippen molar-refractivity contribution in [2.24, 2.45) is 5.84 Å². The molecule has 4 heteroatoms. The van der Waals surface area contributed by atoms with E-state index in [1.165, 1.54) is 5.56 Å². The van der Waals surface area contributed by atoms with Crippen molar-refractivity contribution < 1.29 is 0 Å². The van der Waals surface area contributed by atoms with Crippen LogP contribution in [0.25, 0.3) is 0 Å². The predicted octanol–water partition coefficient (Wildman–Crippen LogP) is 3.67. The number of benzene rings is 1. The number of hydrogen-bond acceptors (Lipinski definition) is 3. The first-order chi connectivity index (χ1) is 10.2. The van der Waals surface area contributed by atoms with Crippen molar-refractivity contribution in [3.8, 4) is 0 Å². The predicted molar refractivity (Wildman–Crippen MR) is 86.2 cm³/mol. The van der Waals surface area contributed by atoms with Gasteiger partial charge >= 0.3 is 0 Å². The minimum absolute atomic E-state index is 0.00801. The molecule has 0 radical (unpaired) electrons. The van der Waals surface area contributed by atoms with E-state index in [-0.39, 0.29) is 12.0 Å². The van der Waals surface area contributed by atoms with E-state index < -0.39 is 0 Å². The summed E-state index contributed by atoms with van der Waals surface area (Å²) in [7, 11) is 0. The normalized spacial score (nSPS) is 19.1. The smallest absolute Gasteiger partial charge is 0.0558 e. The first-order valence-corrected chi connectivity index (χ1v) is 7.75. The summed E-state index contributed by atoms with van der Waals surface area (Å²) in [5.74, 6) is 6.14. The molecule has 0 aliphatic heterocycles. The molecule has 0 spiro atoms. The fourth-order valence-corrected chi connectivity index (χ4v) is 3.55. The van der Waals surface area contributed by atoms with Gasteiger partial charge in [0.15, 0.2) is 0 Å². The van der Waals surface area contributed by atoms with E-state index in [1.807, 2.05) is 31.3 Å². The second-order valence-corrected chi connectivity index (χ2v) is 6.05. The third-order valence-electron chi connectivity index (χ3n) is 4.38. The average Bonchev–Trinajstić information content (AvgIpc) is 2.52. The molecule has 1 aliphatic rings. The average molecular weight is 302 g/mol. The number of pyridine rings is 1. The summed E-state index contributed by atoms with van der Waals surface area (Å²) in [6, 6.07) is 10.3. The quantitative estimate of drug-likeness (QED) is 0.672. The first kappa shape index (κ1) is 14.5. The summed E-state index contributed by atoms with van der Waals surface area (Å²) in [4.78, 5) is 4.61. The summed E-state index contributed by atoms with van der Waals surface area (Å²) in [5.41, 5.74) is 7.59. The van der Waals surface area contributed by atoms with Gasteiger partial charge < -0.3 is 0 Å². The van der Waals surface area contributed by atoms with Gasteiger partial charge in [-0.25, -0.2) is 0 Å². The molecule has 1 aliphatic carbocycles. The molecule has 3 N–H and O–H groups in total. The van der Waals surface area contributed by atoms with Crippen LogP contribution in [0, 0.1) is 6.92 Å². The molecule has 0 fully saturated rings. The van der Waals surface area contributed by atoms with Crippen LogP contribution in [0.2, 0.25) is 5.02 Å². The monoisotopic (exact) mass is 301 g/mol. The van der Waals surface area contributed by atoms with Crippen molar-refractivity contribution in [2.75, 3.05) is 0 Å². The Kier molecular flexibility index (Phi) is 4.24. The van der Waals surface area contributed by atoms with Gasteiger partial charge in [0.25, 0.3) is 0 Å². The summed E-state index contributed by atoms with van der Waals surface area (Å²) in [5, 5.41) is 0.795. The van der Waals surface area contributed by atoms with Gasteiger partial charge in [-0.3, -0.25) is 16.3 Å². The molecule has 1 aromatic carbocycles. The molecule has 3 nitrogen and oxygen atoms in total. The topological polar surface area (TPSA) is 50.9 Å². The molecular formula is C17H20ClN3. The summed E-state index contributed by atoms with van der Waals surface area (Å²) in [6.45, 7) is 2.02. The number of aromatic nitrogens is 1. The maximum atomic E-state index is 6.50. The van der Waals surface area contributed by atoms with Gasteiger partial charge in [-0.05, 0) is 48.9 Å². The van der Waals surface area contributed by atoms with Crippen LogP contribution < -0.4 is 11.3 Å². The molecule has 0 bridgehead atoms. The van der Waals surface area contributed by atoms with Gasteiger partial charge in [0.2, 0.25) is 0 Å². The maximum Gasteiger partial charge on any atom is 0.0558 e. The number of aryl methyl sites for hydroxylation is 2. The highest BCUT2D eigenvalue weighted by molar-refractivity contribution is 6.32. The van der Waals surface area contributed by atoms with E-state index in [2.05, 4.69) is 22.5 Å².